The maximum atomic E-state index is 12.1. The van der Waals surface area contributed by atoms with Crippen LogP contribution in [-0.2, 0) is 20.9 Å². The summed E-state index contributed by atoms with van der Waals surface area (Å²) in [5.74, 6) is -0.0977. The van der Waals surface area contributed by atoms with Crippen LogP contribution in [0, 0.1) is 0 Å². The average Bonchev–Trinajstić information content (AvgIpc) is 2.91. The summed E-state index contributed by atoms with van der Waals surface area (Å²) in [6.45, 7) is 0.930. The number of carbonyl (C=O) groups is 1. The third kappa shape index (κ3) is 3.79. The highest BCUT2D eigenvalue weighted by molar-refractivity contribution is 5.78. The molecule has 2 atom stereocenters. The van der Waals surface area contributed by atoms with Gasteiger partial charge in [0.1, 0.15) is 6.61 Å². The Hall–Kier alpha value is -1.43. The van der Waals surface area contributed by atoms with Crippen LogP contribution in [0.1, 0.15) is 12.0 Å². The van der Waals surface area contributed by atoms with Crippen LogP contribution in [0.25, 0.3) is 0 Å². The molecule has 0 unspecified atom stereocenters. The molecule has 1 aliphatic heterocycles. The van der Waals surface area contributed by atoms with Gasteiger partial charge in [0.2, 0.25) is 5.91 Å². The Balaban J connectivity index is 1.79. The summed E-state index contributed by atoms with van der Waals surface area (Å²) in [7, 11) is 1.62. The lowest BCUT2D eigenvalue weighted by atomic mass is 10.2. The number of ether oxygens (including phenoxy) is 2. The summed E-state index contributed by atoms with van der Waals surface area (Å²) in [6.07, 6.45) is 0.683. The second kappa shape index (κ2) is 7.38. The molecule has 1 aliphatic rings. The molecule has 1 saturated heterocycles. The summed E-state index contributed by atoms with van der Waals surface area (Å²) >= 11 is 0. The van der Waals surface area contributed by atoms with Crippen LogP contribution in [0.15, 0.2) is 30.3 Å². The van der Waals surface area contributed by atoms with Gasteiger partial charge >= 0.3 is 0 Å². The van der Waals surface area contributed by atoms with Gasteiger partial charge < -0.3 is 19.5 Å². The van der Waals surface area contributed by atoms with E-state index in [2.05, 4.69) is 0 Å². The molecule has 5 nitrogen and oxygen atoms in total. The first-order chi connectivity index (χ1) is 9.74. The van der Waals surface area contributed by atoms with Gasteiger partial charge in [-0.15, -0.1) is 0 Å². The smallest absolute Gasteiger partial charge is 0.249 e. The van der Waals surface area contributed by atoms with Crippen molar-refractivity contribution in [1.82, 2.24) is 4.90 Å². The number of amides is 1. The minimum atomic E-state index is -0.159. The van der Waals surface area contributed by atoms with Gasteiger partial charge in [-0.05, 0) is 12.0 Å². The lowest BCUT2D eigenvalue weighted by Crippen LogP contribution is -2.40. The quantitative estimate of drug-likeness (QED) is 0.837. The Kier molecular flexibility index (Phi) is 5.52. The van der Waals surface area contributed by atoms with E-state index in [1.54, 1.807) is 12.0 Å². The van der Waals surface area contributed by atoms with Crippen LogP contribution >= 0.6 is 0 Å². The molecule has 110 valence electrons. The summed E-state index contributed by atoms with van der Waals surface area (Å²) in [4.78, 5) is 13.8. The van der Waals surface area contributed by atoms with E-state index in [1.165, 1.54) is 0 Å². The molecule has 0 aromatic heterocycles. The van der Waals surface area contributed by atoms with Crippen LogP contribution in [0.4, 0.5) is 0 Å². The van der Waals surface area contributed by atoms with E-state index in [0.29, 0.717) is 19.6 Å². The largest absolute Gasteiger partial charge is 0.394 e. The summed E-state index contributed by atoms with van der Waals surface area (Å²) in [5, 5.41) is 9.31. The maximum Gasteiger partial charge on any atom is 0.249 e. The summed E-state index contributed by atoms with van der Waals surface area (Å²) < 4.78 is 10.7. The second-order valence-corrected chi connectivity index (χ2v) is 4.95. The number of benzene rings is 1. The molecule has 0 radical (unpaired) electrons. The molecule has 0 spiro atoms. The van der Waals surface area contributed by atoms with Gasteiger partial charge in [-0.25, -0.2) is 0 Å². The number of methoxy groups -OCH3 is 1. The van der Waals surface area contributed by atoms with Crippen molar-refractivity contribution in [3.63, 3.8) is 0 Å². The van der Waals surface area contributed by atoms with Gasteiger partial charge in [0.05, 0.1) is 25.4 Å². The number of carbonyl (C=O) groups excluding carboxylic acids is 1. The SMILES string of the molecule is CO[C@@H]1C[C@@H](CO)N(C(=O)COCc2ccccc2)C1. The number of rotatable bonds is 6. The fourth-order valence-electron chi connectivity index (χ4n) is 2.44. The molecule has 1 fully saturated rings. The van der Waals surface area contributed by atoms with E-state index in [9.17, 15) is 9.90 Å². The molecule has 0 aliphatic carbocycles. The van der Waals surface area contributed by atoms with Gasteiger partial charge in [0.25, 0.3) is 0 Å². The Labute approximate surface area is 119 Å². The van der Waals surface area contributed by atoms with Crippen LogP contribution in [0.2, 0.25) is 0 Å². The van der Waals surface area contributed by atoms with Gasteiger partial charge in [0, 0.05) is 13.7 Å². The number of aliphatic hydroxyl groups excluding tert-OH is 1. The van der Waals surface area contributed by atoms with E-state index >= 15 is 0 Å². The number of hydrogen-bond donors (Lipinski definition) is 1. The van der Waals surface area contributed by atoms with E-state index in [0.717, 1.165) is 5.56 Å². The molecule has 1 aromatic carbocycles. The molecule has 1 aromatic rings. The van der Waals surface area contributed by atoms with Crippen LogP contribution in [0.3, 0.4) is 0 Å². The van der Waals surface area contributed by atoms with Crippen molar-refractivity contribution in [2.24, 2.45) is 0 Å². The summed E-state index contributed by atoms with van der Waals surface area (Å²) in [5.41, 5.74) is 1.04. The lowest BCUT2D eigenvalue weighted by Gasteiger charge is -2.22. The van der Waals surface area contributed by atoms with Crippen molar-refractivity contribution >= 4 is 5.91 Å². The molecule has 1 N–H and O–H groups in total. The average molecular weight is 279 g/mol. The minimum Gasteiger partial charge on any atom is -0.394 e. The molecule has 1 amide bonds. The molecule has 0 bridgehead atoms. The topological polar surface area (TPSA) is 59.0 Å². The third-order valence-electron chi connectivity index (χ3n) is 3.58. The number of aliphatic hydroxyl groups is 1. The Morgan fingerprint density at radius 1 is 1.40 bits per heavy atom. The van der Waals surface area contributed by atoms with Crippen molar-refractivity contribution in [1.29, 1.82) is 0 Å². The highest BCUT2D eigenvalue weighted by atomic mass is 16.5. The van der Waals surface area contributed by atoms with Gasteiger partial charge in [0.15, 0.2) is 0 Å². The maximum absolute atomic E-state index is 12.1. The third-order valence-corrected chi connectivity index (χ3v) is 3.58. The zero-order valence-corrected chi connectivity index (χ0v) is 11.7. The fraction of sp³-hybridized carbons (Fsp3) is 0.533. The van der Waals surface area contributed by atoms with Crippen molar-refractivity contribution in [3.05, 3.63) is 35.9 Å². The van der Waals surface area contributed by atoms with Crippen molar-refractivity contribution < 1.29 is 19.4 Å². The minimum absolute atomic E-state index is 0.00484. The number of likely N-dealkylation sites (tertiary alicyclic amines) is 1. The molecule has 5 heteroatoms. The lowest BCUT2D eigenvalue weighted by molar-refractivity contribution is -0.138. The highest BCUT2D eigenvalue weighted by Gasteiger charge is 2.34. The predicted octanol–water partition coefficient (Wildman–Crippen LogP) is 0.811. The molecule has 20 heavy (non-hydrogen) atoms. The molecule has 2 rings (SSSR count). The van der Waals surface area contributed by atoms with E-state index in [-0.39, 0.29) is 31.3 Å². The monoisotopic (exact) mass is 279 g/mol. The Morgan fingerprint density at radius 2 is 2.15 bits per heavy atom. The van der Waals surface area contributed by atoms with E-state index in [4.69, 9.17) is 9.47 Å². The molecule has 1 heterocycles. The standard InChI is InChI=1S/C15H21NO4/c1-19-14-7-13(9-17)16(8-14)15(18)11-20-10-12-5-3-2-4-6-12/h2-6,13-14,17H,7-11H2,1H3/t13-,14+/m0/s1. The second-order valence-electron chi connectivity index (χ2n) is 4.95. The van der Waals surface area contributed by atoms with Crippen LogP contribution in [0.5, 0.6) is 0 Å². The molecule has 0 saturated carbocycles. The van der Waals surface area contributed by atoms with Crippen molar-refractivity contribution in [2.45, 2.75) is 25.2 Å². The van der Waals surface area contributed by atoms with Crippen molar-refractivity contribution in [3.8, 4) is 0 Å². The normalized spacial score (nSPS) is 22.2. The first-order valence-corrected chi connectivity index (χ1v) is 6.79. The van der Waals surface area contributed by atoms with Crippen molar-refractivity contribution in [2.75, 3.05) is 26.9 Å². The first-order valence-electron chi connectivity index (χ1n) is 6.79. The van der Waals surface area contributed by atoms with Gasteiger partial charge in [-0.1, -0.05) is 30.3 Å². The Morgan fingerprint density at radius 3 is 2.80 bits per heavy atom. The van der Waals surface area contributed by atoms with Gasteiger partial charge in [-0.2, -0.15) is 0 Å². The van der Waals surface area contributed by atoms with E-state index in [1.807, 2.05) is 30.3 Å². The van der Waals surface area contributed by atoms with Crippen LogP contribution < -0.4 is 0 Å². The Bertz CT molecular complexity index is 423. The molecular weight excluding hydrogens is 258 g/mol. The zero-order chi connectivity index (χ0) is 14.4. The number of nitrogens with zero attached hydrogens (tertiary/aromatic N) is 1. The predicted molar refractivity (Wildman–Crippen MR) is 74.1 cm³/mol. The summed E-state index contributed by atoms with van der Waals surface area (Å²) in [6, 6.07) is 9.57. The van der Waals surface area contributed by atoms with Crippen LogP contribution in [-0.4, -0.2) is 54.9 Å². The van der Waals surface area contributed by atoms with Gasteiger partial charge in [-0.3, -0.25) is 4.79 Å². The first kappa shape index (κ1) is 15.0. The zero-order valence-electron chi connectivity index (χ0n) is 11.7. The highest BCUT2D eigenvalue weighted by Crippen LogP contribution is 2.19. The fourth-order valence-corrected chi connectivity index (χ4v) is 2.44. The molecular formula is C15H21NO4. The van der Waals surface area contributed by atoms with E-state index < -0.39 is 0 Å². The number of hydrogen-bond acceptors (Lipinski definition) is 4.